The number of carbonyl (C=O) groups is 2. The van der Waals surface area contributed by atoms with Crippen LogP contribution in [0.25, 0.3) is 0 Å². The first-order valence-corrected chi connectivity index (χ1v) is 9.51. The highest BCUT2D eigenvalue weighted by atomic mass is 35.5. The van der Waals surface area contributed by atoms with Crippen LogP contribution in [-0.4, -0.2) is 62.2 Å². The number of halogens is 1. The quantitative estimate of drug-likeness (QED) is 0.828. The maximum atomic E-state index is 12.6. The van der Waals surface area contributed by atoms with Crippen LogP contribution in [0.4, 0.5) is 0 Å². The van der Waals surface area contributed by atoms with E-state index in [9.17, 15) is 18.0 Å². The highest BCUT2D eigenvalue weighted by molar-refractivity contribution is 7.89. The Bertz CT molecular complexity index is 742. The molecule has 130 valence electrons. The highest BCUT2D eigenvalue weighted by Crippen LogP contribution is 2.21. The first-order chi connectivity index (χ1) is 11.4. The zero-order valence-corrected chi connectivity index (χ0v) is 14.5. The lowest BCUT2D eigenvalue weighted by molar-refractivity contribution is -0.136. The molecule has 1 N–H and O–H groups in total. The van der Waals surface area contributed by atoms with Crippen molar-refractivity contribution < 1.29 is 18.0 Å². The van der Waals surface area contributed by atoms with Gasteiger partial charge in [0, 0.05) is 44.2 Å². The summed E-state index contributed by atoms with van der Waals surface area (Å²) in [5, 5.41) is 3.12. The van der Waals surface area contributed by atoms with Gasteiger partial charge in [0.15, 0.2) is 0 Å². The van der Waals surface area contributed by atoms with E-state index in [0.29, 0.717) is 24.7 Å². The summed E-state index contributed by atoms with van der Waals surface area (Å²) >= 11 is 5.79. The van der Waals surface area contributed by atoms with Crippen molar-refractivity contribution in [2.75, 3.05) is 32.7 Å². The minimum absolute atomic E-state index is 0.0862. The van der Waals surface area contributed by atoms with E-state index in [4.69, 9.17) is 11.6 Å². The number of sulfonamides is 1. The Morgan fingerprint density at radius 2 is 1.75 bits per heavy atom. The Morgan fingerprint density at radius 3 is 2.29 bits per heavy atom. The van der Waals surface area contributed by atoms with Gasteiger partial charge in [-0.2, -0.15) is 4.31 Å². The van der Waals surface area contributed by atoms with E-state index in [1.807, 2.05) is 0 Å². The third kappa shape index (κ3) is 3.40. The van der Waals surface area contributed by atoms with Crippen LogP contribution in [0.1, 0.15) is 6.42 Å². The first-order valence-electron chi connectivity index (χ1n) is 7.69. The minimum atomic E-state index is -3.59. The Labute approximate surface area is 145 Å². The van der Waals surface area contributed by atoms with Gasteiger partial charge in [0.25, 0.3) is 0 Å². The largest absolute Gasteiger partial charge is 0.355 e. The molecule has 1 aromatic carbocycles. The number of hydrogen-bond acceptors (Lipinski definition) is 4. The second-order valence-electron chi connectivity index (χ2n) is 5.89. The van der Waals surface area contributed by atoms with Crippen molar-refractivity contribution in [1.29, 1.82) is 0 Å². The first kappa shape index (κ1) is 17.2. The zero-order chi connectivity index (χ0) is 17.3. The molecule has 1 aromatic rings. The second kappa shape index (κ2) is 6.70. The zero-order valence-electron chi connectivity index (χ0n) is 12.9. The summed E-state index contributed by atoms with van der Waals surface area (Å²) in [7, 11) is -3.59. The van der Waals surface area contributed by atoms with Crippen LogP contribution in [0.3, 0.4) is 0 Å². The van der Waals surface area contributed by atoms with E-state index in [1.165, 1.54) is 28.6 Å². The third-order valence-corrected chi connectivity index (χ3v) is 6.49. The van der Waals surface area contributed by atoms with E-state index >= 15 is 0 Å². The van der Waals surface area contributed by atoms with Crippen LogP contribution in [0.15, 0.2) is 29.2 Å². The Hall–Kier alpha value is -1.64. The monoisotopic (exact) mass is 371 g/mol. The number of nitrogens with one attached hydrogen (secondary N) is 1. The summed E-state index contributed by atoms with van der Waals surface area (Å²) in [6.45, 7) is 1.50. The molecule has 0 radical (unpaired) electrons. The lowest BCUT2D eigenvalue weighted by atomic mass is 10.1. The van der Waals surface area contributed by atoms with Crippen LogP contribution in [0.2, 0.25) is 5.02 Å². The van der Waals surface area contributed by atoms with Gasteiger partial charge < -0.3 is 10.2 Å². The molecule has 2 heterocycles. The molecule has 0 saturated carbocycles. The lowest BCUT2D eigenvalue weighted by Crippen LogP contribution is -2.52. The van der Waals surface area contributed by atoms with E-state index in [0.717, 1.165) is 0 Å². The molecule has 2 amide bonds. The molecule has 0 aromatic heterocycles. The van der Waals surface area contributed by atoms with Gasteiger partial charge in [-0.1, -0.05) is 11.6 Å². The second-order valence-corrected chi connectivity index (χ2v) is 8.26. The standard InChI is InChI=1S/C15H18ClN3O4S/c16-12-1-3-13(4-2-12)24(22,23)19-7-5-18(6-8-19)15(21)11-9-14(20)17-10-11/h1-4,11H,5-10H2,(H,17,20). The molecule has 0 spiro atoms. The van der Waals surface area contributed by atoms with Gasteiger partial charge in [0.2, 0.25) is 21.8 Å². The molecule has 0 bridgehead atoms. The van der Waals surface area contributed by atoms with Gasteiger partial charge in [-0.15, -0.1) is 0 Å². The Morgan fingerprint density at radius 1 is 1.12 bits per heavy atom. The van der Waals surface area contributed by atoms with E-state index in [1.54, 1.807) is 4.90 Å². The van der Waals surface area contributed by atoms with Crippen molar-refractivity contribution in [2.45, 2.75) is 11.3 Å². The lowest BCUT2D eigenvalue weighted by Gasteiger charge is -2.35. The topological polar surface area (TPSA) is 86.8 Å². The number of hydrogen-bond donors (Lipinski definition) is 1. The number of rotatable bonds is 3. The highest BCUT2D eigenvalue weighted by Gasteiger charge is 2.35. The minimum Gasteiger partial charge on any atom is -0.355 e. The Balaban J connectivity index is 1.63. The van der Waals surface area contributed by atoms with Gasteiger partial charge in [0.1, 0.15) is 0 Å². The van der Waals surface area contributed by atoms with Gasteiger partial charge in [0.05, 0.1) is 10.8 Å². The molecule has 0 aliphatic carbocycles. The summed E-state index contributed by atoms with van der Waals surface area (Å²) in [5.41, 5.74) is 0. The number of amides is 2. The normalized spacial score (nSPS) is 22.5. The fourth-order valence-electron chi connectivity index (χ4n) is 2.94. The summed E-state index contributed by atoms with van der Waals surface area (Å²) in [6, 6.07) is 6.03. The number of carbonyl (C=O) groups excluding carboxylic acids is 2. The molecular formula is C15H18ClN3O4S. The molecule has 3 rings (SSSR count). The van der Waals surface area contributed by atoms with Crippen molar-refractivity contribution >= 4 is 33.4 Å². The van der Waals surface area contributed by atoms with Gasteiger partial charge in [-0.25, -0.2) is 8.42 Å². The maximum Gasteiger partial charge on any atom is 0.243 e. The predicted molar refractivity (Wildman–Crippen MR) is 87.9 cm³/mol. The summed E-state index contributed by atoms with van der Waals surface area (Å²) in [5.74, 6) is -0.536. The average molecular weight is 372 g/mol. The SMILES string of the molecule is O=C1CC(C(=O)N2CCN(S(=O)(=O)c3ccc(Cl)cc3)CC2)CN1. The fourth-order valence-corrected chi connectivity index (χ4v) is 4.49. The van der Waals surface area contributed by atoms with Gasteiger partial charge in [-0.3, -0.25) is 9.59 Å². The molecule has 1 atom stereocenters. The molecule has 7 nitrogen and oxygen atoms in total. The van der Waals surface area contributed by atoms with Crippen molar-refractivity contribution in [1.82, 2.24) is 14.5 Å². The molecule has 1 unspecified atom stereocenters. The maximum absolute atomic E-state index is 12.6. The molecular weight excluding hydrogens is 354 g/mol. The molecule has 24 heavy (non-hydrogen) atoms. The smallest absolute Gasteiger partial charge is 0.243 e. The van der Waals surface area contributed by atoms with Crippen molar-refractivity contribution in [3.05, 3.63) is 29.3 Å². The fraction of sp³-hybridized carbons (Fsp3) is 0.467. The van der Waals surface area contributed by atoms with Gasteiger partial charge in [-0.05, 0) is 24.3 Å². The number of piperazine rings is 1. The molecule has 9 heteroatoms. The Kier molecular flexibility index (Phi) is 4.80. The van der Waals surface area contributed by atoms with Crippen LogP contribution < -0.4 is 5.32 Å². The number of nitrogens with zero attached hydrogens (tertiary/aromatic N) is 2. The van der Waals surface area contributed by atoms with Gasteiger partial charge >= 0.3 is 0 Å². The van der Waals surface area contributed by atoms with Crippen LogP contribution in [0, 0.1) is 5.92 Å². The van der Waals surface area contributed by atoms with Crippen LogP contribution in [0.5, 0.6) is 0 Å². The van der Waals surface area contributed by atoms with E-state index < -0.39 is 10.0 Å². The van der Waals surface area contributed by atoms with E-state index in [-0.39, 0.29) is 42.1 Å². The van der Waals surface area contributed by atoms with Crippen LogP contribution >= 0.6 is 11.6 Å². The summed E-state index contributed by atoms with van der Waals surface area (Å²) in [6.07, 6.45) is 0.210. The predicted octanol–water partition coefficient (Wildman–Crippen LogP) is 0.309. The average Bonchev–Trinajstić information content (AvgIpc) is 3.01. The summed E-state index contributed by atoms with van der Waals surface area (Å²) in [4.78, 5) is 25.4. The molecule has 2 aliphatic rings. The number of benzene rings is 1. The molecule has 2 fully saturated rings. The van der Waals surface area contributed by atoms with Crippen LogP contribution in [-0.2, 0) is 19.6 Å². The third-order valence-electron chi connectivity index (χ3n) is 4.33. The molecule has 2 saturated heterocycles. The summed E-state index contributed by atoms with van der Waals surface area (Å²) < 4.78 is 26.6. The van der Waals surface area contributed by atoms with Crippen molar-refractivity contribution in [2.24, 2.45) is 5.92 Å². The molecule has 2 aliphatic heterocycles. The van der Waals surface area contributed by atoms with E-state index in [2.05, 4.69) is 5.32 Å². The van der Waals surface area contributed by atoms with Crippen molar-refractivity contribution in [3.8, 4) is 0 Å². The van der Waals surface area contributed by atoms with Crippen molar-refractivity contribution in [3.63, 3.8) is 0 Å².